The number of aromatic nitrogens is 2. The lowest BCUT2D eigenvalue weighted by atomic mass is 10.2. The maximum absolute atomic E-state index is 5.34. The van der Waals surface area contributed by atoms with E-state index in [4.69, 9.17) is 4.42 Å². The number of anilines is 1. The van der Waals surface area contributed by atoms with Crippen LogP contribution in [0, 0.1) is 0 Å². The fourth-order valence-electron chi connectivity index (χ4n) is 2.06. The second-order valence-corrected chi connectivity index (χ2v) is 4.57. The quantitative estimate of drug-likeness (QED) is 0.775. The lowest BCUT2D eigenvalue weighted by Crippen LogP contribution is -2.18. The molecule has 0 saturated heterocycles. The van der Waals surface area contributed by atoms with Gasteiger partial charge < -0.3 is 9.73 Å². The molecule has 1 N–H and O–H groups in total. The van der Waals surface area contributed by atoms with E-state index in [0.29, 0.717) is 0 Å². The van der Waals surface area contributed by atoms with Crippen molar-refractivity contribution >= 4 is 16.9 Å². The smallest absolute Gasteiger partial charge is 0.145 e. The van der Waals surface area contributed by atoms with Gasteiger partial charge in [0.25, 0.3) is 0 Å². The first-order chi connectivity index (χ1) is 9.31. The van der Waals surface area contributed by atoms with Crippen LogP contribution in [0.4, 0.5) is 5.82 Å². The zero-order valence-corrected chi connectivity index (χ0v) is 10.7. The van der Waals surface area contributed by atoms with Gasteiger partial charge in [0.05, 0.1) is 23.5 Å². The summed E-state index contributed by atoms with van der Waals surface area (Å²) >= 11 is 0. The molecule has 0 aliphatic rings. The maximum atomic E-state index is 5.34. The van der Waals surface area contributed by atoms with Crippen LogP contribution in [0.1, 0.15) is 12.7 Å². The number of furan rings is 1. The molecular formula is C15H15N3O. The van der Waals surface area contributed by atoms with Crippen LogP contribution >= 0.6 is 0 Å². The van der Waals surface area contributed by atoms with E-state index >= 15 is 0 Å². The summed E-state index contributed by atoms with van der Waals surface area (Å²) in [6.07, 6.45) is 4.28. The van der Waals surface area contributed by atoms with Crippen molar-refractivity contribution in [3.05, 3.63) is 54.6 Å². The minimum Gasteiger partial charge on any atom is -0.469 e. The molecule has 4 nitrogen and oxygen atoms in total. The average molecular weight is 253 g/mol. The summed E-state index contributed by atoms with van der Waals surface area (Å²) in [5, 5.41) is 3.34. The Balaban J connectivity index is 1.73. The van der Waals surface area contributed by atoms with E-state index in [1.807, 2.05) is 36.4 Å². The summed E-state index contributed by atoms with van der Waals surface area (Å²) in [6.45, 7) is 2.10. The first kappa shape index (κ1) is 11.7. The normalized spacial score (nSPS) is 12.5. The van der Waals surface area contributed by atoms with Crippen LogP contribution in [0.25, 0.3) is 11.0 Å². The molecule has 2 aromatic heterocycles. The van der Waals surface area contributed by atoms with Gasteiger partial charge in [-0.15, -0.1) is 0 Å². The molecule has 1 unspecified atom stereocenters. The number of rotatable bonds is 4. The topological polar surface area (TPSA) is 51.0 Å². The molecule has 0 bridgehead atoms. The molecule has 1 aromatic carbocycles. The summed E-state index contributed by atoms with van der Waals surface area (Å²) < 4.78 is 5.34. The van der Waals surface area contributed by atoms with Crippen LogP contribution in [-0.4, -0.2) is 16.0 Å². The first-order valence-electron chi connectivity index (χ1n) is 6.32. The van der Waals surface area contributed by atoms with Gasteiger partial charge in [0, 0.05) is 12.5 Å². The number of para-hydroxylation sites is 2. The van der Waals surface area contributed by atoms with Gasteiger partial charge in [0.15, 0.2) is 0 Å². The predicted octanol–water partition coefficient (Wildman–Crippen LogP) is 3.27. The fraction of sp³-hybridized carbons (Fsp3) is 0.200. The number of hydrogen-bond acceptors (Lipinski definition) is 4. The van der Waals surface area contributed by atoms with Crippen molar-refractivity contribution in [2.45, 2.75) is 19.4 Å². The van der Waals surface area contributed by atoms with Crippen molar-refractivity contribution in [3.63, 3.8) is 0 Å². The van der Waals surface area contributed by atoms with Crippen molar-refractivity contribution in [1.82, 2.24) is 9.97 Å². The van der Waals surface area contributed by atoms with E-state index in [9.17, 15) is 0 Å². The zero-order valence-electron chi connectivity index (χ0n) is 10.7. The summed E-state index contributed by atoms with van der Waals surface area (Å²) in [4.78, 5) is 8.92. The molecule has 0 saturated carbocycles. The van der Waals surface area contributed by atoms with Gasteiger partial charge in [-0.05, 0) is 31.2 Å². The molecule has 3 rings (SSSR count). The SMILES string of the molecule is CC(Cc1ccco1)Nc1cnc2ccccc2n1. The highest BCUT2D eigenvalue weighted by Gasteiger charge is 2.07. The molecule has 0 aliphatic heterocycles. The molecule has 19 heavy (non-hydrogen) atoms. The summed E-state index contributed by atoms with van der Waals surface area (Å²) in [7, 11) is 0. The molecule has 0 fully saturated rings. The highest BCUT2D eigenvalue weighted by atomic mass is 16.3. The minimum absolute atomic E-state index is 0.238. The highest BCUT2D eigenvalue weighted by Crippen LogP contribution is 2.13. The summed E-state index contributed by atoms with van der Waals surface area (Å²) in [5.74, 6) is 1.76. The van der Waals surface area contributed by atoms with E-state index in [-0.39, 0.29) is 6.04 Å². The van der Waals surface area contributed by atoms with Crippen LogP contribution in [0.2, 0.25) is 0 Å². The summed E-state index contributed by atoms with van der Waals surface area (Å²) in [5.41, 5.74) is 1.81. The Kier molecular flexibility index (Phi) is 3.14. The van der Waals surface area contributed by atoms with E-state index in [1.54, 1.807) is 12.5 Å². The van der Waals surface area contributed by atoms with Crippen molar-refractivity contribution in [1.29, 1.82) is 0 Å². The number of nitrogens with one attached hydrogen (secondary N) is 1. The average Bonchev–Trinajstić information content (AvgIpc) is 2.91. The third-order valence-electron chi connectivity index (χ3n) is 2.93. The van der Waals surface area contributed by atoms with Crippen LogP contribution in [0.15, 0.2) is 53.3 Å². The lowest BCUT2D eigenvalue weighted by molar-refractivity contribution is 0.497. The van der Waals surface area contributed by atoms with E-state index < -0.39 is 0 Å². The third kappa shape index (κ3) is 2.73. The zero-order chi connectivity index (χ0) is 13.1. The monoisotopic (exact) mass is 253 g/mol. The Morgan fingerprint density at radius 1 is 1.16 bits per heavy atom. The number of hydrogen-bond donors (Lipinski definition) is 1. The molecule has 1 atom stereocenters. The van der Waals surface area contributed by atoms with Crippen LogP contribution < -0.4 is 5.32 Å². The Bertz CT molecular complexity index is 664. The fourth-order valence-corrected chi connectivity index (χ4v) is 2.06. The van der Waals surface area contributed by atoms with E-state index in [0.717, 1.165) is 29.0 Å². The van der Waals surface area contributed by atoms with Gasteiger partial charge in [0.1, 0.15) is 11.6 Å². The van der Waals surface area contributed by atoms with Crippen molar-refractivity contribution < 1.29 is 4.42 Å². The van der Waals surface area contributed by atoms with Gasteiger partial charge in [-0.1, -0.05) is 12.1 Å². The first-order valence-corrected chi connectivity index (χ1v) is 6.32. The van der Waals surface area contributed by atoms with Crippen LogP contribution in [-0.2, 0) is 6.42 Å². The molecule has 0 amide bonds. The van der Waals surface area contributed by atoms with Gasteiger partial charge in [0.2, 0.25) is 0 Å². The number of fused-ring (bicyclic) bond motifs is 1. The second-order valence-electron chi connectivity index (χ2n) is 4.57. The third-order valence-corrected chi connectivity index (χ3v) is 2.93. The Hall–Kier alpha value is -2.36. The van der Waals surface area contributed by atoms with E-state index in [2.05, 4.69) is 22.2 Å². The molecule has 0 spiro atoms. The minimum atomic E-state index is 0.238. The van der Waals surface area contributed by atoms with Crippen molar-refractivity contribution in [3.8, 4) is 0 Å². The highest BCUT2D eigenvalue weighted by molar-refractivity contribution is 5.75. The molecule has 96 valence electrons. The molecular weight excluding hydrogens is 238 g/mol. The largest absolute Gasteiger partial charge is 0.469 e. The van der Waals surface area contributed by atoms with Crippen molar-refractivity contribution in [2.24, 2.45) is 0 Å². The lowest BCUT2D eigenvalue weighted by Gasteiger charge is -2.13. The Morgan fingerprint density at radius 3 is 2.79 bits per heavy atom. The van der Waals surface area contributed by atoms with E-state index in [1.165, 1.54) is 0 Å². The maximum Gasteiger partial charge on any atom is 0.145 e. The molecule has 0 radical (unpaired) electrons. The van der Waals surface area contributed by atoms with Gasteiger partial charge in [-0.2, -0.15) is 0 Å². The van der Waals surface area contributed by atoms with Gasteiger partial charge in [-0.3, -0.25) is 4.98 Å². The predicted molar refractivity (Wildman–Crippen MR) is 75.0 cm³/mol. The molecule has 2 heterocycles. The van der Waals surface area contributed by atoms with Gasteiger partial charge in [-0.25, -0.2) is 4.98 Å². The second kappa shape index (κ2) is 5.10. The Labute approximate surface area is 111 Å². The Morgan fingerprint density at radius 2 is 2.00 bits per heavy atom. The summed E-state index contributed by atoms with van der Waals surface area (Å²) in [6, 6.07) is 12.0. The standard InChI is InChI=1S/C15H15N3O/c1-11(9-12-5-4-8-19-12)17-15-10-16-13-6-2-3-7-14(13)18-15/h2-8,10-11H,9H2,1H3,(H,17,18). The van der Waals surface area contributed by atoms with Gasteiger partial charge >= 0.3 is 0 Å². The van der Waals surface area contributed by atoms with Crippen LogP contribution in [0.3, 0.4) is 0 Å². The molecule has 4 heteroatoms. The molecule has 0 aliphatic carbocycles. The number of benzene rings is 1. The molecule has 3 aromatic rings. The van der Waals surface area contributed by atoms with Crippen molar-refractivity contribution in [2.75, 3.05) is 5.32 Å². The van der Waals surface area contributed by atoms with Crippen LogP contribution in [0.5, 0.6) is 0 Å². The number of nitrogens with zero attached hydrogens (tertiary/aromatic N) is 2.